The lowest BCUT2D eigenvalue weighted by Gasteiger charge is -2.21. The summed E-state index contributed by atoms with van der Waals surface area (Å²) in [5.74, 6) is -0.132. The summed E-state index contributed by atoms with van der Waals surface area (Å²) < 4.78 is 5.42. The van der Waals surface area contributed by atoms with Crippen molar-refractivity contribution >= 4 is 17.6 Å². The number of aromatic carboxylic acids is 1. The highest BCUT2D eigenvalue weighted by Gasteiger charge is 2.21. The van der Waals surface area contributed by atoms with E-state index >= 15 is 0 Å². The Morgan fingerprint density at radius 3 is 2.35 bits per heavy atom. The first kappa shape index (κ1) is 18.0. The molecule has 0 aromatic heterocycles. The van der Waals surface area contributed by atoms with Crippen molar-refractivity contribution in [3.05, 3.63) is 48.0 Å². The zero-order valence-electron chi connectivity index (χ0n) is 14.8. The van der Waals surface area contributed by atoms with Gasteiger partial charge in [0.1, 0.15) is 5.75 Å². The SMILES string of the molecule is COc1ccc(NC(=O)C2CCCCC2)cc1-c1ccc(C(=O)O)cc1. The number of amides is 1. The number of nitrogens with one attached hydrogen (secondary N) is 1. The van der Waals surface area contributed by atoms with Gasteiger partial charge in [0, 0.05) is 17.2 Å². The van der Waals surface area contributed by atoms with Crippen molar-refractivity contribution in [3.63, 3.8) is 0 Å². The maximum Gasteiger partial charge on any atom is 0.335 e. The van der Waals surface area contributed by atoms with Gasteiger partial charge in [0.15, 0.2) is 0 Å². The molecule has 136 valence electrons. The fourth-order valence-corrected chi connectivity index (χ4v) is 3.41. The van der Waals surface area contributed by atoms with Gasteiger partial charge in [-0.2, -0.15) is 0 Å². The minimum absolute atomic E-state index is 0.0713. The van der Waals surface area contributed by atoms with E-state index in [9.17, 15) is 9.59 Å². The maximum absolute atomic E-state index is 12.5. The Balaban J connectivity index is 1.84. The van der Waals surface area contributed by atoms with Crippen LogP contribution in [0.2, 0.25) is 0 Å². The van der Waals surface area contributed by atoms with E-state index in [2.05, 4.69) is 5.32 Å². The molecule has 2 aromatic rings. The highest BCUT2D eigenvalue weighted by molar-refractivity contribution is 5.94. The summed E-state index contributed by atoms with van der Waals surface area (Å²) in [5, 5.41) is 12.1. The molecule has 2 aromatic carbocycles. The normalized spacial score (nSPS) is 14.7. The second-order valence-corrected chi connectivity index (χ2v) is 6.62. The van der Waals surface area contributed by atoms with E-state index in [4.69, 9.17) is 9.84 Å². The molecule has 0 spiro atoms. The van der Waals surface area contributed by atoms with Crippen molar-refractivity contribution in [1.82, 2.24) is 0 Å². The van der Waals surface area contributed by atoms with Crippen LogP contribution in [0.15, 0.2) is 42.5 Å². The summed E-state index contributed by atoms with van der Waals surface area (Å²) in [5.41, 5.74) is 2.60. The molecule has 2 N–H and O–H groups in total. The van der Waals surface area contributed by atoms with Gasteiger partial charge in [-0.1, -0.05) is 31.4 Å². The number of rotatable bonds is 5. The number of carboxylic acids is 1. The maximum atomic E-state index is 12.5. The van der Waals surface area contributed by atoms with Crippen LogP contribution in [0.25, 0.3) is 11.1 Å². The summed E-state index contributed by atoms with van der Waals surface area (Å²) >= 11 is 0. The second-order valence-electron chi connectivity index (χ2n) is 6.62. The molecule has 1 aliphatic carbocycles. The minimum Gasteiger partial charge on any atom is -0.496 e. The van der Waals surface area contributed by atoms with Crippen LogP contribution < -0.4 is 10.1 Å². The fraction of sp³-hybridized carbons (Fsp3) is 0.333. The Morgan fingerprint density at radius 1 is 1.04 bits per heavy atom. The van der Waals surface area contributed by atoms with Gasteiger partial charge in [-0.3, -0.25) is 4.79 Å². The van der Waals surface area contributed by atoms with Crippen molar-refractivity contribution in [1.29, 1.82) is 0 Å². The third-order valence-corrected chi connectivity index (χ3v) is 4.89. The predicted molar refractivity (Wildman–Crippen MR) is 101 cm³/mol. The van der Waals surface area contributed by atoms with Crippen molar-refractivity contribution in [3.8, 4) is 16.9 Å². The first-order valence-electron chi connectivity index (χ1n) is 8.91. The van der Waals surface area contributed by atoms with Gasteiger partial charge < -0.3 is 15.2 Å². The number of carboxylic acid groups (broad SMARTS) is 1. The van der Waals surface area contributed by atoms with Gasteiger partial charge in [-0.05, 0) is 48.7 Å². The lowest BCUT2D eigenvalue weighted by molar-refractivity contribution is -0.120. The van der Waals surface area contributed by atoms with Crippen LogP contribution in [0.1, 0.15) is 42.5 Å². The third kappa shape index (κ3) is 4.04. The molecule has 5 heteroatoms. The van der Waals surface area contributed by atoms with Gasteiger partial charge in [0.2, 0.25) is 5.91 Å². The molecule has 0 saturated heterocycles. The molecule has 0 atom stereocenters. The molecule has 1 aliphatic rings. The van der Waals surface area contributed by atoms with E-state index in [1.165, 1.54) is 6.42 Å². The molecule has 3 rings (SSSR count). The molecule has 0 radical (unpaired) electrons. The van der Waals surface area contributed by atoms with E-state index in [0.29, 0.717) is 5.75 Å². The van der Waals surface area contributed by atoms with Crippen LogP contribution in [0, 0.1) is 5.92 Å². The molecule has 1 saturated carbocycles. The smallest absolute Gasteiger partial charge is 0.335 e. The summed E-state index contributed by atoms with van der Waals surface area (Å²) in [6.07, 6.45) is 5.34. The van der Waals surface area contributed by atoms with Gasteiger partial charge in [0.25, 0.3) is 0 Å². The van der Waals surface area contributed by atoms with Crippen LogP contribution >= 0.6 is 0 Å². The molecule has 0 heterocycles. The third-order valence-electron chi connectivity index (χ3n) is 4.89. The Hall–Kier alpha value is -2.82. The average Bonchev–Trinajstić information content (AvgIpc) is 2.68. The van der Waals surface area contributed by atoms with E-state index in [0.717, 1.165) is 42.5 Å². The summed E-state index contributed by atoms with van der Waals surface area (Å²) in [4.78, 5) is 23.5. The number of anilines is 1. The lowest BCUT2D eigenvalue weighted by Crippen LogP contribution is -2.24. The van der Waals surface area contributed by atoms with E-state index < -0.39 is 5.97 Å². The second kappa shape index (κ2) is 8.04. The molecule has 1 amide bonds. The summed E-state index contributed by atoms with van der Waals surface area (Å²) in [7, 11) is 1.59. The molecule has 0 bridgehead atoms. The van der Waals surface area contributed by atoms with Crippen molar-refractivity contribution in [2.75, 3.05) is 12.4 Å². The number of carbonyl (C=O) groups is 2. The zero-order chi connectivity index (χ0) is 18.5. The van der Waals surface area contributed by atoms with Gasteiger partial charge in [-0.25, -0.2) is 4.79 Å². The monoisotopic (exact) mass is 353 g/mol. The first-order chi connectivity index (χ1) is 12.6. The van der Waals surface area contributed by atoms with E-state index in [1.54, 1.807) is 31.4 Å². The average molecular weight is 353 g/mol. The number of methoxy groups -OCH3 is 1. The topological polar surface area (TPSA) is 75.6 Å². The number of benzene rings is 2. The predicted octanol–water partition coefficient (Wildman–Crippen LogP) is 4.58. The minimum atomic E-state index is -0.961. The fourth-order valence-electron chi connectivity index (χ4n) is 3.41. The number of hydrogen-bond acceptors (Lipinski definition) is 3. The first-order valence-corrected chi connectivity index (χ1v) is 8.91. The lowest BCUT2D eigenvalue weighted by atomic mass is 9.88. The Morgan fingerprint density at radius 2 is 1.73 bits per heavy atom. The van der Waals surface area contributed by atoms with Crippen LogP contribution in [0.4, 0.5) is 5.69 Å². The standard InChI is InChI=1S/C21H23NO4/c1-26-19-12-11-17(22-20(23)15-5-3-2-4-6-15)13-18(19)14-7-9-16(10-8-14)21(24)25/h7-13,15H,2-6H2,1H3,(H,22,23)(H,24,25). The number of ether oxygens (including phenoxy) is 1. The molecule has 0 aliphatic heterocycles. The number of hydrogen-bond donors (Lipinski definition) is 2. The summed E-state index contributed by atoms with van der Waals surface area (Å²) in [6.45, 7) is 0. The van der Waals surface area contributed by atoms with Crippen LogP contribution in [0.3, 0.4) is 0 Å². The quantitative estimate of drug-likeness (QED) is 0.825. The molecular formula is C21H23NO4. The van der Waals surface area contributed by atoms with Crippen molar-refractivity contribution in [2.45, 2.75) is 32.1 Å². The van der Waals surface area contributed by atoms with Crippen LogP contribution in [-0.4, -0.2) is 24.1 Å². The molecule has 26 heavy (non-hydrogen) atoms. The van der Waals surface area contributed by atoms with E-state index in [1.807, 2.05) is 18.2 Å². The Kier molecular flexibility index (Phi) is 5.56. The molecule has 0 unspecified atom stereocenters. The Bertz CT molecular complexity index is 792. The van der Waals surface area contributed by atoms with Gasteiger partial charge in [-0.15, -0.1) is 0 Å². The summed E-state index contributed by atoms with van der Waals surface area (Å²) in [6, 6.07) is 12.1. The van der Waals surface area contributed by atoms with E-state index in [-0.39, 0.29) is 17.4 Å². The highest BCUT2D eigenvalue weighted by Crippen LogP contribution is 2.33. The van der Waals surface area contributed by atoms with Gasteiger partial charge in [0.05, 0.1) is 12.7 Å². The van der Waals surface area contributed by atoms with Crippen LogP contribution in [-0.2, 0) is 4.79 Å². The Labute approximate surface area is 153 Å². The van der Waals surface area contributed by atoms with Gasteiger partial charge >= 0.3 is 5.97 Å². The molecular weight excluding hydrogens is 330 g/mol. The zero-order valence-corrected chi connectivity index (χ0v) is 14.8. The largest absolute Gasteiger partial charge is 0.496 e. The molecule has 5 nitrogen and oxygen atoms in total. The number of carbonyl (C=O) groups excluding carboxylic acids is 1. The van der Waals surface area contributed by atoms with Crippen molar-refractivity contribution in [2.24, 2.45) is 5.92 Å². The molecule has 1 fully saturated rings. The van der Waals surface area contributed by atoms with Crippen molar-refractivity contribution < 1.29 is 19.4 Å². The van der Waals surface area contributed by atoms with Crippen LogP contribution in [0.5, 0.6) is 5.75 Å². The highest BCUT2D eigenvalue weighted by atomic mass is 16.5.